The second-order valence-electron chi connectivity index (χ2n) is 4.18. The van der Waals surface area contributed by atoms with Gasteiger partial charge >= 0.3 is 0 Å². The van der Waals surface area contributed by atoms with E-state index in [0.717, 1.165) is 17.1 Å². The number of nitrogens with two attached hydrogens (primary N) is 1. The molecule has 0 saturated carbocycles. The zero-order valence-electron chi connectivity index (χ0n) is 10.7. The van der Waals surface area contributed by atoms with Crippen LogP contribution < -0.4 is 15.8 Å². The maximum Gasteiger partial charge on any atom is 0.144 e. The molecule has 0 aliphatic carbocycles. The minimum Gasteiger partial charge on any atom is -0.492 e. The van der Waals surface area contributed by atoms with Crippen LogP contribution in [-0.4, -0.2) is 6.61 Å². The third kappa shape index (κ3) is 2.94. The average Bonchev–Trinajstić information content (AvgIpc) is 2.37. The lowest BCUT2D eigenvalue weighted by Crippen LogP contribution is -1.98. The Morgan fingerprint density at radius 1 is 1.06 bits per heavy atom. The summed E-state index contributed by atoms with van der Waals surface area (Å²) in [5.74, 6) is 0.717. The van der Waals surface area contributed by atoms with Crippen LogP contribution in [0, 0.1) is 6.92 Å². The molecular formula is C15H18N2O. The average molecular weight is 242 g/mol. The number of hydrogen-bond donors (Lipinski definition) is 2. The van der Waals surface area contributed by atoms with E-state index >= 15 is 0 Å². The minimum absolute atomic E-state index is 0.609. The Morgan fingerprint density at radius 3 is 2.39 bits per heavy atom. The molecule has 0 radical (unpaired) electrons. The third-order valence-electron chi connectivity index (χ3n) is 2.65. The predicted molar refractivity (Wildman–Crippen MR) is 76.5 cm³/mol. The molecule has 0 amide bonds. The van der Waals surface area contributed by atoms with Crippen molar-refractivity contribution >= 4 is 17.1 Å². The van der Waals surface area contributed by atoms with Gasteiger partial charge in [0.1, 0.15) is 5.75 Å². The number of hydrogen-bond acceptors (Lipinski definition) is 3. The highest BCUT2D eigenvalue weighted by Crippen LogP contribution is 2.27. The molecule has 2 aromatic carbocycles. The van der Waals surface area contributed by atoms with E-state index in [9.17, 15) is 0 Å². The predicted octanol–water partition coefficient (Wildman–Crippen LogP) is 3.72. The zero-order valence-corrected chi connectivity index (χ0v) is 10.7. The van der Waals surface area contributed by atoms with E-state index in [2.05, 4.69) is 24.4 Å². The first-order valence-corrected chi connectivity index (χ1v) is 6.05. The first-order chi connectivity index (χ1) is 8.69. The summed E-state index contributed by atoms with van der Waals surface area (Å²) in [4.78, 5) is 0. The monoisotopic (exact) mass is 242 g/mol. The van der Waals surface area contributed by atoms with Gasteiger partial charge in [0.05, 0.1) is 12.3 Å². The molecular weight excluding hydrogens is 224 g/mol. The SMILES string of the molecule is CCOc1cc(Nc2ccc(C)cc2)ccc1N. The van der Waals surface area contributed by atoms with Crippen molar-refractivity contribution in [3.63, 3.8) is 0 Å². The number of rotatable bonds is 4. The van der Waals surface area contributed by atoms with Crippen LogP contribution in [0.1, 0.15) is 12.5 Å². The van der Waals surface area contributed by atoms with Gasteiger partial charge in [0, 0.05) is 17.4 Å². The Labute approximate surface area is 108 Å². The van der Waals surface area contributed by atoms with Gasteiger partial charge in [-0.3, -0.25) is 0 Å². The summed E-state index contributed by atoms with van der Waals surface area (Å²) < 4.78 is 5.47. The van der Waals surface area contributed by atoms with Crippen LogP contribution in [0.4, 0.5) is 17.1 Å². The quantitative estimate of drug-likeness (QED) is 0.803. The molecule has 3 heteroatoms. The van der Waals surface area contributed by atoms with Gasteiger partial charge < -0.3 is 15.8 Å². The molecule has 0 aliphatic rings. The van der Waals surface area contributed by atoms with Gasteiger partial charge in [-0.25, -0.2) is 0 Å². The summed E-state index contributed by atoms with van der Waals surface area (Å²) in [6, 6.07) is 13.9. The standard InChI is InChI=1S/C15H18N2O/c1-3-18-15-10-13(8-9-14(15)16)17-12-6-4-11(2)5-7-12/h4-10,17H,3,16H2,1-2H3. The molecule has 0 atom stereocenters. The van der Waals surface area contributed by atoms with Crippen molar-refractivity contribution in [1.29, 1.82) is 0 Å². The van der Waals surface area contributed by atoms with Gasteiger partial charge in [0.2, 0.25) is 0 Å². The highest BCUT2D eigenvalue weighted by molar-refractivity contribution is 5.66. The van der Waals surface area contributed by atoms with E-state index in [1.54, 1.807) is 0 Å². The van der Waals surface area contributed by atoms with Crippen molar-refractivity contribution in [3.8, 4) is 5.75 Å². The van der Waals surface area contributed by atoms with E-state index in [4.69, 9.17) is 10.5 Å². The molecule has 0 aliphatic heterocycles. The van der Waals surface area contributed by atoms with Crippen LogP contribution in [0.2, 0.25) is 0 Å². The summed E-state index contributed by atoms with van der Waals surface area (Å²) in [6.07, 6.45) is 0. The Morgan fingerprint density at radius 2 is 1.72 bits per heavy atom. The van der Waals surface area contributed by atoms with Crippen LogP contribution in [-0.2, 0) is 0 Å². The second-order valence-corrected chi connectivity index (χ2v) is 4.18. The molecule has 94 valence electrons. The summed E-state index contributed by atoms with van der Waals surface area (Å²) in [6.45, 7) is 4.62. The molecule has 0 aromatic heterocycles. The van der Waals surface area contributed by atoms with Gasteiger partial charge in [0.25, 0.3) is 0 Å². The fourth-order valence-electron chi connectivity index (χ4n) is 1.70. The summed E-state index contributed by atoms with van der Waals surface area (Å²) in [7, 11) is 0. The van der Waals surface area contributed by atoms with E-state index in [1.165, 1.54) is 5.56 Å². The summed E-state index contributed by atoms with van der Waals surface area (Å²) in [5, 5.41) is 3.32. The highest BCUT2D eigenvalue weighted by atomic mass is 16.5. The lowest BCUT2D eigenvalue weighted by Gasteiger charge is -2.11. The molecule has 3 nitrogen and oxygen atoms in total. The third-order valence-corrected chi connectivity index (χ3v) is 2.65. The lowest BCUT2D eigenvalue weighted by molar-refractivity contribution is 0.342. The zero-order chi connectivity index (χ0) is 13.0. The number of nitrogens with one attached hydrogen (secondary N) is 1. The minimum atomic E-state index is 0.609. The number of nitrogen functional groups attached to an aromatic ring is 1. The molecule has 0 saturated heterocycles. The van der Waals surface area contributed by atoms with Gasteiger partial charge in [0.15, 0.2) is 0 Å². The van der Waals surface area contributed by atoms with E-state index in [1.807, 2.05) is 37.3 Å². The van der Waals surface area contributed by atoms with Crippen LogP contribution in [0.25, 0.3) is 0 Å². The van der Waals surface area contributed by atoms with Crippen LogP contribution in [0.15, 0.2) is 42.5 Å². The molecule has 0 bridgehead atoms. The molecule has 2 rings (SSSR count). The van der Waals surface area contributed by atoms with Crippen molar-refractivity contribution in [3.05, 3.63) is 48.0 Å². The summed E-state index contributed by atoms with van der Waals surface area (Å²) >= 11 is 0. The molecule has 18 heavy (non-hydrogen) atoms. The topological polar surface area (TPSA) is 47.3 Å². The maximum atomic E-state index is 5.84. The van der Waals surface area contributed by atoms with Gasteiger partial charge in [-0.05, 0) is 38.1 Å². The van der Waals surface area contributed by atoms with Crippen molar-refractivity contribution in [1.82, 2.24) is 0 Å². The Hall–Kier alpha value is -2.16. The van der Waals surface area contributed by atoms with Crippen LogP contribution in [0.5, 0.6) is 5.75 Å². The van der Waals surface area contributed by atoms with Crippen molar-refractivity contribution in [2.75, 3.05) is 17.7 Å². The fraction of sp³-hybridized carbons (Fsp3) is 0.200. The Bertz CT molecular complexity index is 521. The molecule has 0 spiro atoms. The van der Waals surface area contributed by atoms with Gasteiger partial charge in [-0.15, -0.1) is 0 Å². The van der Waals surface area contributed by atoms with E-state index in [-0.39, 0.29) is 0 Å². The van der Waals surface area contributed by atoms with E-state index in [0.29, 0.717) is 12.3 Å². The van der Waals surface area contributed by atoms with Crippen LogP contribution in [0.3, 0.4) is 0 Å². The Balaban J connectivity index is 2.18. The summed E-state index contributed by atoms with van der Waals surface area (Å²) in [5.41, 5.74) is 9.76. The Kier molecular flexibility index (Phi) is 3.72. The largest absolute Gasteiger partial charge is 0.492 e. The number of benzene rings is 2. The van der Waals surface area contributed by atoms with Crippen LogP contribution >= 0.6 is 0 Å². The van der Waals surface area contributed by atoms with Crippen molar-refractivity contribution in [2.24, 2.45) is 0 Å². The number of ether oxygens (including phenoxy) is 1. The molecule has 0 unspecified atom stereocenters. The first kappa shape index (κ1) is 12.3. The molecule has 0 heterocycles. The first-order valence-electron chi connectivity index (χ1n) is 6.05. The lowest BCUT2D eigenvalue weighted by atomic mass is 10.2. The highest BCUT2D eigenvalue weighted by Gasteiger charge is 2.02. The van der Waals surface area contributed by atoms with E-state index < -0.39 is 0 Å². The molecule has 3 N–H and O–H groups in total. The maximum absolute atomic E-state index is 5.84. The van der Waals surface area contributed by atoms with Gasteiger partial charge in [-0.1, -0.05) is 17.7 Å². The molecule has 0 fully saturated rings. The second kappa shape index (κ2) is 5.45. The van der Waals surface area contributed by atoms with Crippen molar-refractivity contribution in [2.45, 2.75) is 13.8 Å². The van der Waals surface area contributed by atoms with Gasteiger partial charge in [-0.2, -0.15) is 0 Å². The smallest absolute Gasteiger partial charge is 0.144 e. The number of anilines is 3. The van der Waals surface area contributed by atoms with Crippen molar-refractivity contribution < 1.29 is 4.74 Å². The molecule has 2 aromatic rings. The fourth-order valence-corrected chi connectivity index (χ4v) is 1.70. The number of aryl methyl sites for hydroxylation is 1. The normalized spacial score (nSPS) is 10.1.